The molecule has 0 aliphatic heterocycles. The van der Waals surface area contributed by atoms with Gasteiger partial charge < -0.3 is 19.7 Å². The van der Waals surface area contributed by atoms with Gasteiger partial charge in [-0.3, -0.25) is 9.59 Å². The van der Waals surface area contributed by atoms with Crippen LogP contribution in [0.15, 0.2) is 24.3 Å². The molecule has 0 bridgehead atoms. The number of aliphatic carboxylic acids is 1. The van der Waals surface area contributed by atoms with Gasteiger partial charge >= 0.3 is 5.97 Å². The second-order valence-electron chi connectivity index (χ2n) is 9.02. The van der Waals surface area contributed by atoms with Crippen molar-refractivity contribution in [3.8, 4) is 11.8 Å². The molecule has 1 aromatic heterocycles. The van der Waals surface area contributed by atoms with Crippen LogP contribution in [0.5, 0.6) is 0 Å². The molecule has 0 radical (unpaired) electrons. The molecule has 1 aliphatic carbocycles. The molecule has 3 rings (SSSR count). The van der Waals surface area contributed by atoms with Gasteiger partial charge in [0.05, 0.1) is 12.5 Å². The monoisotopic (exact) mass is 505 g/mol. The van der Waals surface area contributed by atoms with Crippen LogP contribution in [0.4, 0.5) is 0 Å². The number of carbonyl (C=O) groups is 2. The van der Waals surface area contributed by atoms with E-state index in [4.69, 9.17) is 27.9 Å². The van der Waals surface area contributed by atoms with Crippen LogP contribution in [0, 0.1) is 23.7 Å². The summed E-state index contributed by atoms with van der Waals surface area (Å²) in [4.78, 5) is 28.9. The summed E-state index contributed by atoms with van der Waals surface area (Å²) in [6.45, 7) is 4.41. The van der Waals surface area contributed by atoms with Crippen molar-refractivity contribution in [2.75, 3.05) is 13.7 Å². The largest absolute Gasteiger partial charge is 0.481 e. The number of nitrogens with zero attached hydrogens (tertiary/aromatic N) is 2. The number of amides is 1. The molecule has 1 aromatic carbocycles. The molecule has 0 saturated heterocycles. The number of benzene rings is 1. The van der Waals surface area contributed by atoms with Gasteiger partial charge in [0, 0.05) is 18.7 Å². The summed E-state index contributed by atoms with van der Waals surface area (Å²) >= 11 is 12.4. The molecule has 0 spiro atoms. The predicted molar refractivity (Wildman–Crippen MR) is 131 cm³/mol. The van der Waals surface area contributed by atoms with Gasteiger partial charge in [0.25, 0.3) is 5.91 Å². The Bertz CT molecular complexity index is 1090. The number of carbonyl (C=O) groups excluding carboxylic acids is 1. The van der Waals surface area contributed by atoms with Crippen LogP contribution >= 0.6 is 23.2 Å². The van der Waals surface area contributed by atoms with E-state index in [1.807, 2.05) is 26.0 Å². The van der Waals surface area contributed by atoms with E-state index in [-0.39, 0.29) is 34.4 Å². The van der Waals surface area contributed by atoms with Crippen LogP contribution in [0.25, 0.3) is 0 Å². The van der Waals surface area contributed by atoms with Crippen LogP contribution < -0.4 is 5.32 Å². The lowest BCUT2D eigenvalue weighted by Gasteiger charge is -2.26. The van der Waals surface area contributed by atoms with Gasteiger partial charge in [-0.05, 0) is 80.7 Å². The van der Waals surface area contributed by atoms with Crippen molar-refractivity contribution < 1.29 is 19.4 Å². The number of nitrogens with one attached hydrogen (secondary N) is 1. The molecular formula is C25H29Cl2N3O4. The molecule has 34 heavy (non-hydrogen) atoms. The SMILES string of the molecule is COC(C)(C)C#Cc1nc(Cl)n(Cc2ccc(Cl)cc2)c1C(=O)NC[C@H]1CC[C@H](C(=O)O)CC1. The molecule has 1 aliphatic rings. The van der Waals surface area contributed by atoms with E-state index in [9.17, 15) is 14.7 Å². The van der Waals surface area contributed by atoms with E-state index in [1.165, 1.54) is 0 Å². The van der Waals surface area contributed by atoms with E-state index in [1.54, 1.807) is 23.8 Å². The number of methoxy groups -OCH3 is 1. The molecule has 2 aromatic rings. The Labute approximate surface area is 209 Å². The Morgan fingerprint density at radius 3 is 2.44 bits per heavy atom. The highest BCUT2D eigenvalue weighted by molar-refractivity contribution is 6.30. The number of carboxylic acids is 1. The standard InChI is InChI=1S/C25H29Cl2N3O4/c1-25(2,34-3)13-12-20-21(22(31)28-14-16-4-8-18(9-5-16)23(32)33)30(24(27)29-20)15-17-6-10-19(26)11-7-17/h6-7,10-11,16,18H,4-5,8-9,14-15H2,1-3H3,(H,28,31)(H,32,33)/t16-,18-. The van der Waals surface area contributed by atoms with Crippen molar-refractivity contribution in [3.05, 3.63) is 51.5 Å². The van der Waals surface area contributed by atoms with E-state index < -0.39 is 11.6 Å². The molecule has 0 unspecified atom stereocenters. The maximum Gasteiger partial charge on any atom is 0.306 e. The van der Waals surface area contributed by atoms with Crippen LogP contribution in [0.2, 0.25) is 10.3 Å². The number of hydrogen-bond acceptors (Lipinski definition) is 4. The zero-order valence-corrected chi connectivity index (χ0v) is 21.0. The fourth-order valence-corrected chi connectivity index (χ4v) is 4.21. The van der Waals surface area contributed by atoms with Crippen LogP contribution in [-0.4, -0.2) is 45.8 Å². The molecule has 182 valence electrons. The molecule has 1 fully saturated rings. The zero-order valence-electron chi connectivity index (χ0n) is 19.5. The van der Waals surface area contributed by atoms with Crippen molar-refractivity contribution in [2.24, 2.45) is 11.8 Å². The number of imidazole rings is 1. The highest BCUT2D eigenvalue weighted by Gasteiger charge is 2.27. The number of carboxylic acid groups (broad SMARTS) is 1. The average molecular weight is 506 g/mol. The minimum atomic E-state index is -0.745. The number of rotatable bonds is 7. The first-order valence-corrected chi connectivity index (χ1v) is 11.9. The summed E-state index contributed by atoms with van der Waals surface area (Å²) in [6, 6.07) is 7.27. The van der Waals surface area contributed by atoms with Gasteiger partial charge in [-0.2, -0.15) is 0 Å². The Hall–Kier alpha value is -2.53. The average Bonchev–Trinajstić information content (AvgIpc) is 3.13. The van der Waals surface area contributed by atoms with Crippen molar-refractivity contribution in [3.63, 3.8) is 0 Å². The molecule has 9 heteroatoms. The number of hydrogen-bond donors (Lipinski definition) is 2. The van der Waals surface area contributed by atoms with Crippen molar-refractivity contribution >= 4 is 35.1 Å². The predicted octanol–water partition coefficient (Wildman–Crippen LogP) is 4.64. The highest BCUT2D eigenvalue weighted by atomic mass is 35.5. The number of ether oxygens (including phenoxy) is 1. The van der Waals surface area contributed by atoms with E-state index >= 15 is 0 Å². The smallest absolute Gasteiger partial charge is 0.306 e. The summed E-state index contributed by atoms with van der Waals surface area (Å²) in [6.07, 6.45) is 2.77. The van der Waals surface area contributed by atoms with Gasteiger partial charge in [0.2, 0.25) is 5.28 Å². The van der Waals surface area contributed by atoms with Crippen LogP contribution in [-0.2, 0) is 16.1 Å². The molecule has 2 N–H and O–H groups in total. The summed E-state index contributed by atoms with van der Waals surface area (Å²) in [5.41, 5.74) is 0.736. The lowest BCUT2D eigenvalue weighted by Crippen LogP contribution is -2.34. The van der Waals surface area contributed by atoms with E-state index in [0.717, 1.165) is 18.4 Å². The third kappa shape index (κ3) is 6.75. The van der Waals surface area contributed by atoms with E-state index in [0.29, 0.717) is 31.0 Å². The van der Waals surface area contributed by atoms with Gasteiger partial charge in [-0.15, -0.1) is 0 Å². The highest BCUT2D eigenvalue weighted by Crippen LogP contribution is 2.28. The first kappa shape index (κ1) is 26.1. The quantitative estimate of drug-likeness (QED) is 0.534. The Morgan fingerprint density at radius 1 is 1.21 bits per heavy atom. The summed E-state index contributed by atoms with van der Waals surface area (Å²) in [7, 11) is 1.56. The molecule has 1 amide bonds. The lowest BCUT2D eigenvalue weighted by atomic mass is 9.82. The fraction of sp³-hybridized carbons (Fsp3) is 0.480. The van der Waals surface area contributed by atoms with Crippen LogP contribution in [0.1, 0.15) is 61.3 Å². The van der Waals surface area contributed by atoms with Gasteiger partial charge in [-0.1, -0.05) is 29.7 Å². The first-order valence-electron chi connectivity index (χ1n) is 11.2. The maximum atomic E-state index is 13.3. The summed E-state index contributed by atoms with van der Waals surface area (Å²) < 4.78 is 6.99. The first-order chi connectivity index (χ1) is 16.1. The van der Waals surface area contributed by atoms with Gasteiger partial charge in [-0.25, -0.2) is 4.98 Å². The Balaban J connectivity index is 1.83. The van der Waals surface area contributed by atoms with Crippen molar-refractivity contribution in [2.45, 2.75) is 51.7 Å². The zero-order chi connectivity index (χ0) is 24.9. The normalized spacial score (nSPS) is 18.1. The maximum absolute atomic E-state index is 13.3. The van der Waals surface area contributed by atoms with Gasteiger partial charge in [0.15, 0.2) is 0 Å². The Kier molecular flexibility index (Phi) is 8.64. The van der Waals surface area contributed by atoms with Crippen molar-refractivity contribution in [1.29, 1.82) is 0 Å². The third-order valence-corrected chi connectivity index (χ3v) is 6.67. The molecule has 1 heterocycles. The topological polar surface area (TPSA) is 93.5 Å². The second kappa shape index (κ2) is 11.3. The molecular weight excluding hydrogens is 477 g/mol. The minimum absolute atomic E-state index is 0.154. The fourth-order valence-electron chi connectivity index (χ4n) is 3.85. The molecule has 0 atom stereocenters. The Morgan fingerprint density at radius 2 is 1.85 bits per heavy atom. The second-order valence-corrected chi connectivity index (χ2v) is 9.80. The molecule has 7 nitrogen and oxygen atoms in total. The third-order valence-electron chi connectivity index (χ3n) is 6.13. The lowest BCUT2D eigenvalue weighted by molar-refractivity contribution is -0.143. The number of aromatic nitrogens is 2. The number of halogens is 2. The molecule has 1 saturated carbocycles. The van der Waals surface area contributed by atoms with Gasteiger partial charge in [0.1, 0.15) is 17.0 Å². The minimum Gasteiger partial charge on any atom is -0.481 e. The van der Waals surface area contributed by atoms with Crippen molar-refractivity contribution in [1.82, 2.24) is 14.9 Å². The summed E-state index contributed by atoms with van der Waals surface area (Å²) in [5.74, 6) is 4.81. The van der Waals surface area contributed by atoms with E-state index in [2.05, 4.69) is 22.1 Å². The van der Waals surface area contributed by atoms with Crippen LogP contribution in [0.3, 0.4) is 0 Å². The summed E-state index contributed by atoms with van der Waals surface area (Å²) in [5, 5.41) is 13.0.